The Morgan fingerprint density at radius 1 is 1.67 bits per heavy atom. The molecule has 100 valence electrons. The predicted octanol–water partition coefficient (Wildman–Crippen LogP) is 3.00. The van der Waals surface area contributed by atoms with Crippen molar-refractivity contribution in [2.24, 2.45) is 0 Å². The number of hydrogen-bond acceptors (Lipinski definition) is 3. The van der Waals surface area contributed by atoms with Crippen LogP contribution in [0.25, 0.3) is 0 Å². The van der Waals surface area contributed by atoms with E-state index in [1.165, 1.54) is 16.5 Å². The first-order chi connectivity index (χ1) is 8.60. The van der Waals surface area contributed by atoms with Gasteiger partial charge in [-0.2, -0.15) is 0 Å². The maximum absolute atomic E-state index is 11.9. The number of aryl methyl sites for hydroxylation is 1. The van der Waals surface area contributed by atoms with E-state index in [4.69, 9.17) is 4.74 Å². The van der Waals surface area contributed by atoms with Gasteiger partial charge >= 0.3 is 0 Å². The molecule has 1 unspecified atom stereocenters. The fraction of sp³-hybridized carbons (Fsp3) is 0.500. The summed E-state index contributed by atoms with van der Waals surface area (Å²) < 4.78 is 5.39. The number of hydrogen-bond donors (Lipinski definition) is 0. The lowest BCUT2D eigenvalue weighted by molar-refractivity contribution is -0.129. The van der Waals surface area contributed by atoms with Crippen molar-refractivity contribution in [2.45, 2.75) is 33.4 Å². The van der Waals surface area contributed by atoms with Crippen molar-refractivity contribution in [3.8, 4) is 0 Å². The molecule has 0 N–H and O–H groups in total. The van der Waals surface area contributed by atoms with Gasteiger partial charge in [0.05, 0.1) is 12.6 Å². The standard InChI is InChI=1S/C14H21NO2S/c1-5-14(16)15(11(3)10-17-6-2)9-13-7-8-18-12(13)4/h5,7-8,11H,1,6,9-10H2,2-4H3. The van der Waals surface area contributed by atoms with Crippen LogP contribution in [0.5, 0.6) is 0 Å². The molecule has 0 aliphatic carbocycles. The smallest absolute Gasteiger partial charge is 0.246 e. The van der Waals surface area contributed by atoms with E-state index >= 15 is 0 Å². The van der Waals surface area contributed by atoms with Crippen molar-refractivity contribution in [1.82, 2.24) is 4.90 Å². The van der Waals surface area contributed by atoms with Crippen molar-refractivity contribution in [1.29, 1.82) is 0 Å². The second-order valence-electron chi connectivity index (χ2n) is 4.18. The monoisotopic (exact) mass is 267 g/mol. The molecular formula is C14H21NO2S. The van der Waals surface area contributed by atoms with Crippen LogP contribution in [0.1, 0.15) is 24.3 Å². The first-order valence-electron chi connectivity index (χ1n) is 6.13. The van der Waals surface area contributed by atoms with Gasteiger partial charge in [-0.25, -0.2) is 0 Å². The minimum absolute atomic E-state index is 0.0483. The quantitative estimate of drug-likeness (QED) is 0.711. The Morgan fingerprint density at radius 2 is 2.39 bits per heavy atom. The van der Waals surface area contributed by atoms with Crippen molar-refractivity contribution >= 4 is 17.2 Å². The Morgan fingerprint density at radius 3 is 2.89 bits per heavy atom. The van der Waals surface area contributed by atoms with Crippen LogP contribution in [0.3, 0.4) is 0 Å². The van der Waals surface area contributed by atoms with Crippen LogP contribution in [0.15, 0.2) is 24.1 Å². The number of ether oxygens (including phenoxy) is 1. The maximum Gasteiger partial charge on any atom is 0.246 e. The van der Waals surface area contributed by atoms with Gasteiger partial charge in [0.15, 0.2) is 0 Å². The zero-order chi connectivity index (χ0) is 13.5. The summed E-state index contributed by atoms with van der Waals surface area (Å²) in [5.41, 5.74) is 1.19. The zero-order valence-corrected chi connectivity index (χ0v) is 12.1. The van der Waals surface area contributed by atoms with Gasteiger partial charge < -0.3 is 9.64 Å². The van der Waals surface area contributed by atoms with Crippen molar-refractivity contribution < 1.29 is 9.53 Å². The van der Waals surface area contributed by atoms with Gasteiger partial charge in [-0.05, 0) is 43.9 Å². The fourth-order valence-electron chi connectivity index (χ4n) is 1.71. The van der Waals surface area contributed by atoms with Crippen LogP contribution in [0.2, 0.25) is 0 Å². The predicted molar refractivity (Wildman–Crippen MR) is 75.8 cm³/mol. The first-order valence-corrected chi connectivity index (χ1v) is 7.01. The molecule has 0 spiro atoms. The lowest BCUT2D eigenvalue weighted by Crippen LogP contribution is -2.39. The van der Waals surface area contributed by atoms with Gasteiger partial charge in [-0.3, -0.25) is 4.79 Å². The van der Waals surface area contributed by atoms with Crippen LogP contribution in [-0.4, -0.2) is 30.1 Å². The van der Waals surface area contributed by atoms with Crippen LogP contribution < -0.4 is 0 Å². The largest absolute Gasteiger partial charge is 0.380 e. The summed E-state index contributed by atoms with van der Waals surface area (Å²) in [5, 5.41) is 2.05. The third-order valence-corrected chi connectivity index (χ3v) is 3.75. The van der Waals surface area contributed by atoms with Crippen LogP contribution in [-0.2, 0) is 16.1 Å². The van der Waals surface area contributed by atoms with E-state index in [1.54, 1.807) is 16.2 Å². The Labute approximate surface area is 113 Å². The number of amides is 1. The molecule has 1 aromatic heterocycles. The van der Waals surface area contributed by atoms with Crippen molar-refractivity contribution in [3.63, 3.8) is 0 Å². The number of rotatable bonds is 7. The number of thiophene rings is 1. The van der Waals surface area contributed by atoms with Gasteiger partial charge in [0.25, 0.3) is 0 Å². The fourth-order valence-corrected chi connectivity index (χ4v) is 2.43. The molecule has 0 saturated carbocycles. The molecule has 0 bridgehead atoms. The van der Waals surface area contributed by atoms with Gasteiger partial charge in [0.2, 0.25) is 5.91 Å². The van der Waals surface area contributed by atoms with Crippen LogP contribution in [0, 0.1) is 6.92 Å². The zero-order valence-electron chi connectivity index (χ0n) is 11.3. The molecule has 0 radical (unpaired) electrons. The second kappa shape index (κ2) is 7.34. The average Bonchev–Trinajstić information content (AvgIpc) is 2.77. The molecule has 18 heavy (non-hydrogen) atoms. The van der Waals surface area contributed by atoms with Gasteiger partial charge in [0, 0.05) is 18.0 Å². The van der Waals surface area contributed by atoms with E-state index in [0.717, 1.165) is 0 Å². The first kappa shape index (κ1) is 14.9. The third-order valence-electron chi connectivity index (χ3n) is 2.86. The number of carbonyl (C=O) groups excluding carboxylic acids is 1. The summed E-state index contributed by atoms with van der Waals surface area (Å²) in [4.78, 5) is 15.0. The summed E-state index contributed by atoms with van der Waals surface area (Å²) in [5.74, 6) is -0.0483. The van der Waals surface area contributed by atoms with E-state index in [0.29, 0.717) is 19.8 Å². The van der Waals surface area contributed by atoms with E-state index in [9.17, 15) is 4.79 Å². The molecule has 4 heteroatoms. The maximum atomic E-state index is 11.9. The lowest BCUT2D eigenvalue weighted by atomic mass is 10.2. The highest BCUT2D eigenvalue weighted by molar-refractivity contribution is 7.10. The molecule has 0 aliphatic heterocycles. The Balaban J connectivity index is 2.75. The van der Waals surface area contributed by atoms with Crippen molar-refractivity contribution in [2.75, 3.05) is 13.2 Å². The summed E-state index contributed by atoms with van der Waals surface area (Å²) in [7, 11) is 0. The van der Waals surface area contributed by atoms with E-state index in [1.807, 2.05) is 13.8 Å². The van der Waals surface area contributed by atoms with Crippen molar-refractivity contribution in [3.05, 3.63) is 34.5 Å². The lowest BCUT2D eigenvalue weighted by Gasteiger charge is -2.28. The van der Waals surface area contributed by atoms with E-state index in [2.05, 4.69) is 24.9 Å². The Kier molecular flexibility index (Phi) is 6.09. The van der Waals surface area contributed by atoms with E-state index < -0.39 is 0 Å². The summed E-state index contributed by atoms with van der Waals surface area (Å²) >= 11 is 1.70. The normalized spacial score (nSPS) is 12.2. The molecule has 0 fully saturated rings. The molecule has 0 aromatic carbocycles. The molecule has 3 nitrogen and oxygen atoms in total. The summed E-state index contributed by atoms with van der Waals surface area (Å²) in [6, 6.07) is 2.12. The average molecular weight is 267 g/mol. The summed E-state index contributed by atoms with van der Waals surface area (Å²) in [6.07, 6.45) is 1.37. The topological polar surface area (TPSA) is 29.5 Å². The number of carbonyl (C=O) groups is 1. The molecule has 1 amide bonds. The number of nitrogens with zero attached hydrogens (tertiary/aromatic N) is 1. The minimum Gasteiger partial charge on any atom is -0.380 e. The molecule has 1 rings (SSSR count). The Hall–Kier alpha value is -1.13. The second-order valence-corrected chi connectivity index (χ2v) is 5.30. The highest BCUT2D eigenvalue weighted by Crippen LogP contribution is 2.18. The molecule has 1 aromatic rings. The van der Waals surface area contributed by atoms with Gasteiger partial charge in [0.1, 0.15) is 0 Å². The molecule has 1 heterocycles. The third kappa shape index (κ3) is 3.96. The molecule has 0 aliphatic rings. The molecule has 1 atom stereocenters. The highest BCUT2D eigenvalue weighted by Gasteiger charge is 2.19. The van der Waals surface area contributed by atoms with Gasteiger partial charge in [-0.1, -0.05) is 6.58 Å². The highest BCUT2D eigenvalue weighted by atomic mass is 32.1. The molecule has 0 saturated heterocycles. The minimum atomic E-state index is -0.0483. The van der Waals surface area contributed by atoms with Crippen LogP contribution >= 0.6 is 11.3 Å². The van der Waals surface area contributed by atoms with Gasteiger partial charge in [-0.15, -0.1) is 11.3 Å². The Bertz CT molecular complexity index is 400. The summed E-state index contributed by atoms with van der Waals surface area (Å²) in [6.45, 7) is 11.4. The SMILES string of the molecule is C=CC(=O)N(Cc1ccsc1C)C(C)COCC. The van der Waals surface area contributed by atoms with Crippen LogP contribution in [0.4, 0.5) is 0 Å². The van der Waals surface area contributed by atoms with E-state index in [-0.39, 0.29) is 11.9 Å². The molecular weight excluding hydrogens is 246 g/mol.